The maximum absolute atomic E-state index is 12.4. The molecule has 1 saturated heterocycles. The lowest BCUT2D eigenvalue weighted by Crippen LogP contribution is -2.53. The average Bonchev–Trinajstić information content (AvgIpc) is 2.61. The summed E-state index contributed by atoms with van der Waals surface area (Å²) in [5, 5.41) is 2.99. The van der Waals surface area contributed by atoms with Crippen molar-refractivity contribution < 1.29 is 9.53 Å². The molecule has 2 heterocycles. The van der Waals surface area contributed by atoms with E-state index in [0.29, 0.717) is 5.92 Å². The summed E-state index contributed by atoms with van der Waals surface area (Å²) in [6.45, 7) is 2.48. The van der Waals surface area contributed by atoms with E-state index in [1.807, 2.05) is 18.2 Å². The third kappa shape index (κ3) is 3.47. The second-order valence-corrected chi connectivity index (χ2v) is 6.15. The highest BCUT2D eigenvalue weighted by Crippen LogP contribution is 2.41. The Kier molecular flexibility index (Phi) is 6.33. The van der Waals surface area contributed by atoms with E-state index in [0.717, 1.165) is 30.9 Å². The molecule has 0 aromatic heterocycles. The van der Waals surface area contributed by atoms with Crippen molar-refractivity contribution in [2.45, 2.75) is 12.0 Å². The van der Waals surface area contributed by atoms with Gasteiger partial charge in [-0.15, -0.1) is 24.8 Å². The van der Waals surface area contributed by atoms with Gasteiger partial charge in [0.1, 0.15) is 11.8 Å². The molecule has 1 amide bonds. The van der Waals surface area contributed by atoms with Gasteiger partial charge in [0.15, 0.2) is 0 Å². The van der Waals surface area contributed by atoms with E-state index >= 15 is 0 Å². The van der Waals surface area contributed by atoms with E-state index < -0.39 is 0 Å². The fourth-order valence-electron chi connectivity index (χ4n) is 3.79. The first-order valence-electron chi connectivity index (χ1n) is 8.02. The van der Waals surface area contributed by atoms with Gasteiger partial charge in [-0.1, -0.05) is 36.4 Å². The van der Waals surface area contributed by atoms with Crippen LogP contribution in [0.15, 0.2) is 48.5 Å². The maximum atomic E-state index is 12.4. The molecule has 0 aliphatic carbocycles. The van der Waals surface area contributed by atoms with Crippen LogP contribution in [-0.2, 0) is 4.79 Å². The van der Waals surface area contributed by atoms with E-state index in [2.05, 4.69) is 40.5 Å². The minimum Gasteiger partial charge on any atom is -0.497 e. The summed E-state index contributed by atoms with van der Waals surface area (Å²) < 4.78 is 5.39. The predicted octanol–water partition coefficient (Wildman–Crippen LogP) is 3.16. The van der Waals surface area contributed by atoms with Crippen molar-refractivity contribution in [2.75, 3.05) is 26.7 Å². The number of rotatable bonds is 2. The molecule has 4 nitrogen and oxygen atoms in total. The van der Waals surface area contributed by atoms with E-state index in [1.54, 1.807) is 7.11 Å². The molecular weight excluding hydrogens is 359 g/mol. The van der Waals surface area contributed by atoms with Crippen LogP contribution >= 0.6 is 24.8 Å². The van der Waals surface area contributed by atoms with E-state index in [4.69, 9.17) is 4.74 Å². The number of methoxy groups -OCH3 is 1. The third-order valence-corrected chi connectivity index (χ3v) is 4.89. The highest BCUT2D eigenvalue weighted by Gasteiger charge is 2.39. The first-order chi connectivity index (χ1) is 11.3. The molecule has 25 heavy (non-hydrogen) atoms. The Morgan fingerprint density at radius 2 is 1.84 bits per heavy atom. The number of carbonyl (C=O) groups is 1. The zero-order valence-electron chi connectivity index (χ0n) is 14.0. The Morgan fingerprint density at radius 1 is 1.08 bits per heavy atom. The van der Waals surface area contributed by atoms with Gasteiger partial charge in [0.25, 0.3) is 0 Å². The quantitative estimate of drug-likeness (QED) is 0.869. The van der Waals surface area contributed by atoms with Crippen molar-refractivity contribution in [1.29, 1.82) is 0 Å². The standard InChI is InChI=1S/C19H20N2O2.2ClH/c1-23-14-7-8-15-16(11-14)18-19(22)20-9-10-21(18)12-17(15)13-5-3-2-4-6-13;;/h2-8,11,17-18H,9-10,12H2,1H3,(H,20,22);2*1H/t17-,18+;;/m0../s1. The summed E-state index contributed by atoms with van der Waals surface area (Å²) in [5.74, 6) is 1.19. The average molecular weight is 381 g/mol. The van der Waals surface area contributed by atoms with Gasteiger partial charge in [-0.25, -0.2) is 0 Å². The molecule has 0 spiro atoms. The summed E-state index contributed by atoms with van der Waals surface area (Å²) in [5.41, 5.74) is 3.60. The second kappa shape index (κ2) is 8.09. The molecule has 6 heteroatoms. The number of halogens is 2. The number of piperazine rings is 1. The molecule has 134 valence electrons. The van der Waals surface area contributed by atoms with E-state index in [9.17, 15) is 4.79 Å². The summed E-state index contributed by atoms with van der Waals surface area (Å²) in [7, 11) is 1.66. The van der Waals surface area contributed by atoms with Crippen molar-refractivity contribution in [3.8, 4) is 5.75 Å². The lowest BCUT2D eigenvalue weighted by atomic mass is 9.80. The zero-order chi connectivity index (χ0) is 15.8. The van der Waals surface area contributed by atoms with Crippen molar-refractivity contribution in [1.82, 2.24) is 10.2 Å². The minimum absolute atomic E-state index is 0. The molecule has 4 rings (SSSR count). The lowest BCUT2D eigenvalue weighted by molar-refractivity contribution is -0.129. The topological polar surface area (TPSA) is 41.6 Å². The molecular formula is C19H22Cl2N2O2. The highest BCUT2D eigenvalue weighted by atomic mass is 35.5. The van der Waals surface area contributed by atoms with Crippen LogP contribution in [0.3, 0.4) is 0 Å². The number of hydrogen-bond donors (Lipinski definition) is 1. The SMILES string of the molecule is COc1ccc2c(c1)[C@@H]1C(=O)NCCN1C[C@H]2c1ccccc1.Cl.Cl. The smallest absolute Gasteiger partial charge is 0.242 e. The first kappa shape index (κ1) is 19.6. The Hall–Kier alpha value is -1.75. The van der Waals surface area contributed by atoms with Crippen molar-refractivity contribution in [3.05, 3.63) is 65.2 Å². The van der Waals surface area contributed by atoms with Crippen LogP contribution in [0, 0.1) is 0 Å². The number of amides is 1. The molecule has 0 bridgehead atoms. The Balaban J connectivity index is 0.00000113. The summed E-state index contributed by atoms with van der Waals surface area (Å²) in [4.78, 5) is 14.7. The van der Waals surface area contributed by atoms with Crippen LogP contribution in [0.2, 0.25) is 0 Å². The second-order valence-electron chi connectivity index (χ2n) is 6.15. The number of carbonyl (C=O) groups excluding carboxylic acids is 1. The molecule has 2 aliphatic rings. The Bertz CT molecular complexity index is 739. The van der Waals surface area contributed by atoms with Crippen LogP contribution in [0.4, 0.5) is 0 Å². The minimum atomic E-state index is -0.200. The van der Waals surface area contributed by atoms with Gasteiger partial charge in [-0.3, -0.25) is 9.69 Å². The number of hydrogen-bond acceptors (Lipinski definition) is 3. The van der Waals surface area contributed by atoms with Crippen LogP contribution in [0.25, 0.3) is 0 Å². The molecule has 0 radical (unpaired) electrons. The van der Waals surface area contributed by atoms with Gasteiger partial charge >= 0.3 is 0 Å². The summed E-state index contributed by atoms with van der Waals surface area (Å²) >= 11 is 0. The number of nitrogens with one attached hydrogen (secondary N) is 1. The molecule has 2 aromatic rings. The molecule has 1 N–H and O–H groups in total. The number of benzene rings is 2. The molecule has 2 aliphatic heterocycles. The Morgan fingerprint density at radius 3 is 2.56 bits per heavy atom. The molecule has 2 atom stereocenters. The van der Waals surface area contributed by atoms with E-state index in [-0.39, 0.29) is 36.8 Å². The van der Waals surface area contributed by atoms with E-state index in [1.165, 1.54) is 11.1 Å². The Labute approximate surface area is 160 Å². The largest absolute Gasteiger partial charge is 0.497 e. The van der Waals surface area contributed by atoms with Crippen molar-refractivity contribution >= 4 is 30.7 Å². The number of fused-ring (bicyclic) bond motifs is 3. The number of ether oxygens (including phenoxy) is 1. The first-order valence-corrected chi connectivity index (χ1v) is 8.02. The van der Waals surface area contributed by atoms with Gasteiger partial charge in [0, 0.05) is 25.6 Å². The highest BCUT2D eigenvalue weighted by molar-refractivity contribution is 5.86. The van der Waals surface area contributed by atoms with Crippen LogP contribution < -0.4 is 10.1 Å². The van der Waals surface area contributed by atoms with Gasteiger partial charge in [-0.05, 0) is 28.8 Å². The molecule has 2 aromatic carbocycles. The van der Waals surface area contributed by atoms with Crippen LogP contribution in [0.5, 0.6) is 5.75 Å². The maximum Gasteiger partial charge on any atom is 0.242 e. The zero-order valence-corrected chi connectivity index (χ0v) is 15.6. The monoisotopic (exact) mass is 380 g/mol. The van der Waals surface area contributed by atoms with Gasteiger partial charge in [0.05, 0.1) is 7.11 Å². The predicted molar refractivity (Wildman–Crippen MR) is 103 cm³/mol. The summed E-state index contributed by atoms with van der Waals surface area (Å²) in [6, 6.07) is 16.5. The fraction of sp³-hybridized carbons (Fsp3) is 0.316. The van der Waals surface area contributed by atoms with Gasteiger partial charge < -0.3 is 10.1 Å². The van der Waals surface area contributed by atoms with Crippen molar-refractivity contribution in [3.63, 3.8) is 0 Å². The van der Waals surface area contributed by atoms with Gasteiger partial charge in [-0.2, -0.15) is 0 Å². The molecule has 1 fully saturated rings. The summed E-state index contributed by atoms with van der Waals surface area (Å²) in [6.07, 6.45) is 0. The van der Waals surface area contributed by atoms with Crippen LogP contribution in [0.1, 0.15) is 28.7 Å². The number of nitrogens with zero attached hydrogens (tertiary/aromatic N) is 1. The lowest BCUT2D eigenvalue weighted by Gasteiger charge is -2.43. The third-order valence-electron chi connectivity index (χ3n) is 4.89. The van der Waals surface area contributed by atoms with Crippen LogP contribution in [-0.4, -0.2) is 37.6 Å². The normalized spacial score (nSPS) is 21.7. The molecule has 0 unspecified atom stereocenters. The molecule has 0 saturated carbocycles. The fourth-order valence-corrected chi connectivity index (χ4v) is 3.79. The van der Waals surface area contributed by atoms with Crippen molar-refractivity contribution in [2.24, 2.45) is 0 Å². The van der Waals surface area contributed by atoms with Gasteiger partial charge in [0.2, 0.25) is 5.91 Å².